The van der Waals surface area contributed by atoms with Crippen LogP contribution in [0.3, 0.4) is 0 Å². The molecule has 19 heavy (non-hydrogen) atoms. The number of aromatic nitrogens is 2. The highest BCUT2D eigenvalue weighted by atomic mass is 79.9. The molecular weight excluding hydrogens is 334 g/mol. The SMILES string of the molecule is CN(C)CCn1ncc(Br)c1C(=O)c1ccc(Cl)o1. The third kappa shape index (κ3) is 3.26. The molecule has 2 aromatic rings. The number of nitrogens with zero attached hydrogens (tertiary/aromatic N) is 3. The van der Waals surface area contributed by atoms with Crippen LogP contribution in [-0.2, 0) is 6.54 Å². The molecule has 0 N–H and O–H groups in total. The van der Waals surface area contributed by atoms with Crippen molar-refractivity contribution < 1.29 is 9.21 Å². The van der Waals surface area contributed by atoms with Gasteiger partial charge in [0.25, 0.3) is 0 Å². The quantitative estimate of drug-likeness (QED) is 0.781. The molecule has 0 spiro atoms. The average Bonchev–Trinajstić information content (AvgIpc) is 2.92. The summed E-state index contributed by atoms with van der Waals surface area (Å²) in [6, 6.07) is 3.10. The van der Waals surface area contributed by atoms with E-state index in [2.05, 4.69) is 21.0 Å². The number of ketones is 1. The smallest absolute Gasteiger partial charge is 0.247 e. The van der Waals surface area contributed by atoms with Gasteiger partial charge >= 0.3 is 0 Å². The van der Waals surface area contributed by atoms with E-state index in [0.29, 0.717) is 16.7 Å². The fourth-order valence-electron chi connectivity index (χ4n) is 1.61. The van der Waals surface area contributed by atoms with Crippen molar-refractivity contribution in [1.29, 1.82) is 0 Å². The van der Waals surface area contributed by atoms with E-state index in [9.17, 15) is 4.79 Å². The molecule has 0 bridgehead atoms. The van der Waals surface area contributed by atoms with E-state index in [0.717, 1.165) is 6.54 Å². The van der Waals surface area contributed by atoms with Gasteiger partial charge in [0.05, 0.1) is 17.2 Å². The van der Waals surface area contributed by atoms with Crippen molar-refractivity contribution in [1.82, 2.24) is 14.7 Å². The maximum Gasteiger partial charge on any atom is 0.247 e. The van der Waals surface area contributed by atoms with Gasteiger partial charge in [0, 0.05) is 6.54 Å². The Labute approximate surface area is 124 Å². The molecule has 2 aromatic heterocycles. The summed E-state index contributed by atoms with van der Waals surface area (Å²) < 4.78 is 7.45. The fourth-order valence-corrected chi connectivity index (χ4v) is 2.23. The average molecular weight is 347 g/mol. The lowest BCUT2D eigenvalue weighted by Crippen LogP contribution is -2.21. The van der Waals surface area contributed by atoms with E-state index in [1.54, 1.807) is 23.0 Å². The zero-order chi connectivity index (χ0) is 14.0. The van der Waals surface area contributed by atoms with Gasteiger partial charge in [0.2, 0.25) is 5.78 Å². The zero-order valence-electron chi connectivity index (χ0n) is 10.6. The van der Waals surface area contributed by atoms with Gasteiger partial charge in [-0.15, -0.1) is 0 Å². The fraction of sp³-hybridized carbons (Fsp3) is 0.333. The Balaban J connectivity index is 2.28. The predicted molar refractivity (Wildman–Crippen MR) is 75.6 cm³/mol. The minimum Gasteiger partial charge on any atom is -0.441 e. The van der Waals surface area contributed by atoms with Gasteiger partial charge in [-0.1, -0.05) is 0 Å². The van der Waals surface area contributed by atoms with Gasteiger partial charge in [-0.2, -0.15) is 5.10 Å². The van der Waals surface area contributed by atoms with E-state index < -0.39 is 0 Å². The van der Waals surface area contributed by atoms with Crippen molar-refractivity contribution in [2.75, 3.05) is 20.6 Å². The number of rotatable bonds is 5. The molecule has 0 saturated carbocycles. The molecule has 0 unspecified atom stereocenters. The van der Waals surface area contributed by atoms with Crippen LogP contribution in [0.4, 0.5) is 0 Å². The van der Waals surface area contributed by atoms with Crippen molar-refractivity contribution in [3.05, 3.63) is 39.5 Å². The van der Waals surface area contributed by atoms with Crippen molar-refractivity contribution in [2.24, 2.45) is 0 Å². The van der Waals surface area contributed by atoms with Gasteiger partial charge < -0.3 is 9.32 Å². The minimum atomic E-state index is -0.241. The summed E-state index contributed by atoms with van der Waals surface area (Å²) in [5.41, 5.74) is 0.466. The monoisotopic (exact) mass is 345 g/mol. The molecule has 0 aliphatic rings. The number of likely N-dealkylation sites (N-methyl/N-ethyl adjacent to an activating group) is 1. The summed E-state index contributed by atoms with van der Waals surface area (Å²) in [6.45, 7) is 1.40. The Morgan fingerprint density at radius 2 is 2.26 bits per heavy atom. The van der Waals surface area contributed by atoms with Crippen molar-refractivity contribution in [2.45, 2.75) is 6.54 Å². The summed E-state index contributed by atoms with van der Waals surface area (Å²) in [7, 11) is 3.93. The molecular formula is C12H13BrClN3O2. The van der Waals surface area contributed by atoms with Crippen molar-refractivity contribution in [3.8, 4) is 0 Å². The number of carbonyl (C=O) groups is 1. The van der Waals surface area contributed by atoms with Crippen molar-refractivity contribution in [3.63, 3.8) is 0 Å². The van der Waals surface area contributed by atoms with Gasteiger partial charge in [0.1, 0.15) is 5.69 Å². The third-order valence-corrected chi connectivity index (χ3v) is 3.35. The molecule has 7 heteroatoms. The summed E-state index contributed by atoms with van der Waals surface area (Å²) in [5.74, 6) is -0.0349. The topological polar surface area (TPSA) is 51.3 Å². The first-order chi connectivity index (χ1) is 8.99. The van der Waals surface area contributed by atoms with Crippen LogP contribution in [-0.4, -0.2) is 41.1 Å². The highest BCUT2D eigenvalue weighted by Crippen LogP contribution is 2.22. The lowest BCUT2D eigenvalue weighted by Gasteiger charge is -2.11. The van der Waals surface area contributed by atoms with Gasteiger partial charge in [-0.25, -0.2) is 0 Å². The van der Waals surface area contributed by atoms with Crippen LogP contribution >= 0.6 is 27.5 Å². The second-order valence-electron chi connectivity index (χ2n) is 4.30. The second-order valence-corrected chi connectivity index (χ2v) is 5.53. The number of hydrogen-bond donors (Lipinski definition) is 0. The Morgan fingerprint density at radius 1 is 1.53 bits per heavy atom. The minimum absolute atomic E-state index is 0.193. The largest absolute Gasteiger partial charge is 0.441 e. The molecule has 0 fully saturated rings. The highest BCUT2D eigenvalue weighted by Gasteiger charge is 2.21. The Bertz CT molecular complexity index is 592. The Hall–Kier alpha value is -1.11. The van der Waals surface area contributed by atoms with Crippen LogP contribution in [0.5, 0.6) is 0 Å². The first kappa shape index (κ1) is 14.3. The van der Waals surface area contributed by atoms with Crippen molar-refractivity contribution >= 4 is 33.3 Å². The Kier molecular flexibility index (Phi) is 4.44. The molecule has 0 amide bonds. The third-order valence-electron chi connectivity index (χ3n) is 2.57. The lowest BCUT2D eigenvalue weighted by molar-refractivity contribution is 0.0997. The first-order valence-corrected chi connectivity index (χ1v) is 6.82. The van der Waals surface area contributed by atoms with Gasteiger partial charge in [-0.05, 0) is 53.8 Å². The molecule has 0 radical (unpaired) electrons. The Morgan fingerprint density at radius 3 is 2.84 bits per heavy atom. The number of furan rings is 1. The maximum absolute atomic E-state index is 12.4. The van der Waals surface area contributed by atoms with E-state index in [4.69, 9.17) is 16.0 Å². The van der Waals surface area contributed by atoms with E-state index in [1.165, 1.54) is 0 Å². The molecule has 2 rings (SSSR count). The van der Waals surface area contributed by atoms with Gasteiger partial charge in [0.15, 0.2) is 11.0 Å². The van der Waals surface area contributed by atoms with Crippen LogP contribution in [0.2, 0.25) is 5.22 Å². The lowest BCUT2D eigenvalue weighted by atomic mass is 10.2. The molecule has 102 valence electrons. The summed E-state index contributed by atoms with van der Waals surface area (Å²) >= 11 is 9.02. The van der Waals surface area contributed by atoms with Crippen LogP contribution in [0.1, 0.15) is 16.2 Å². The summed E-state index contributed by atoms with van der Waals surface area (Å²) in [4.78, 5) is 14.4. The molecule has 0 atom stereocenters. The molecule has 0 aliphatic carbocycles. The predicted octanol–water partition coefficient (Wildman–Crippen LogP) is 2.68. The standard InChI is InChI=1S/C12H13BrClN3O2/c1-16(2)5-6-17-11(8(13)7-15-17)12(18)9-3-4-10(14)19-9/h3-4,7H,5-6H2,1-2H3. The van der Waals surface area contributed by atoms with Gasteiger partial charge in [-0.3, -0.25) is 9.48 Å². The number of carbonyl (C=O) groups excluding carboxylic acids is 1. The molecule has 0 aromatic carbocycles. The van der Waals surface area contributed by atoms with Crippen LogP contribution in [0, 0.1) is 0 Å². The normalized spacial score (nSPS) is 11.2. The first-order valence-electron chi connectivity index (χ1n) is 5.65. The second kappa shape index (κ2) is 5.90. The van der Waals surface area contributed by atoms with Crippen LogP contribution < -0.4 is 0 Å². The molecule has 2 heterocycles. The number of hydrogen-bond acceptors (Lipinski definition) is 4. The molecule has 5 nitrogen and oxygen atoms in total. The van der Waals surface area contributed by atoms with Crippen LogP contribution in [0.25, 0.3) is 0 Å². The highest BCUT2D eigenvalue weighted by molar-refractivity contribution is 9.10. The zero-order valence-corrected chi connectivity index (χ0v) is 12.9. The number of halogens is 2. The molecule has 0 aliphatic heterocycles. The van der Waals surface area contributed by atoms with Crippen LogP contribution in [0.15, 0.2) is 27.2 Å². The summed E-state index contributed by atoms with van der Waals surface area (Å²) in [5, 5.41) is 4.38. The van der Waals surface area contributed by atoms with E-state index in [1.807, 2.05) is 19.0 Å². The molecule has 0 saturated heterocycles. The maximum atomic E-state index is 12.4. The van der Waals surface area contributed by atoms with E-state index in [-0.39, 0.29) is 16.8 Å². The summed E-state index contributed by atoms with van der Waals surface area (Å²) in [6.07, 6.45) is 1.60. The van der Waals surface area contributed by atoms with E-state index >= 15 is 0 Å².